The summed E-state index contributed by atoms with van der Waals surface area (Å²) in [6.45, 7) is 2.27. The quantitative estimate of drug-likeness (QED) is 0.185. The standard InChI is InChI=1S/C45H31NO2P2/c1-30-35-20-12-13-23-38(35)46(45(30)49-41(33-16-4-2-5-17-33)28-29-42(49)34-18-6-3-7-19-34)50-47-39-26-24-31-14-8-10-21-36(31)43(39)44-37-22-11-9-15-32(37)25-27-40(44)48-50/h2-29H,1H3. The Labute approximate surface area is 291 Å². The Kier molecular flexibility index (Phi) is 6.84. The Bertz CT molecular complexity index is 2780. The van der Waals surface area contributed by atoms with Crippen LogP contribution in [0.25, 0.3) is 81.5 Å². The molecule has 0 unspecified atom stereocenters. The Morgan fingerprint density at radius 3 is 1.44 bits per heavy atom. The van der Waals surface area contributed by atoms with E-state index in [1.807, 2.05) is 0 Å². The molecule has 0 saturated heterocycles. The molecule has 7 aromatic carbocycles. The predicted molar refractivity (Wildman–Crippen MR) is 214 cm³/mol. The van der Waals surface area contributed by atoms with Crippen molar-refractivity contribution in [2.24, 2.45) is 0 Å². The van der Waals surface area contributed by atoms with Crippen LogP contribution in [0.3, 0.4) is 0 Å². The summed E-state index contributed by atoms with van der Waals surface area (Å²) < 4.78 is 16.9. The molecule has 238 valence electrons. The molecule has 0 saturated carbocycles. The molecular weight excluding hydrogens is 648 g/mol. The Morgan fingerprint density at radius 1 is 0.440 bits per heavy atom. The van der Waals surface area contributed by atoms with E-state index in [2.05, 4.69) is 181 Å². The zero-order valence-corrected chi connectivity index (χ0v) is 29.1. The van der Waals surface area contributed by atoms with Gasteiger partial charge in [-0.05, 0) is 75.5 Å². The van der Waals surface area contributed by atoms with Gasteiger partial charge in [-0.1, -0.05) is 147 Å². The van der Waals surface area contributed by atoms with E-state index in [1.54, 1.807) is 0 Å². The van der Waals surface area contributed by atoms with E-state index < -0.39 is 15.7 Å². The van der Waals surface area contributed by atoms with Crippen molar-refractivity contribution < 1.29 is 8.39 Å². The average molecular weight is 680 g/mol. The highest BCUT2D eigenvalue weighted by Gasteiger charge is 2.26. The van der Waals surface area contributed by atoms with Crippen molar-refractivity contribution in [3.8, 4) is 27.2 Å². The largest absolute Gasteiger partial charge is 0.403 e. The fourth-order valence-electron chi connectivity index (χ4n) is 7.57. The van der Waals surface area contributed by atoms with Gasteiger partial charge in [0.15, 0.2) is 0 Å². The molecule has 0 spiro atoms. The Hall–Kier alpha value is -5.72. The highest BCUT2D eigenvalue weighted by Crippen LogP contribution is 2.61. The highest BCUT2D eigenvalue weighted by molar-refractivity contribution is 7.63. The van der Waals surface area contributed by atoms with Crippen LogP contribution in [0.15, 0.2) is 178 Å². The van der Waals surface area contributed by atoms with Crippen LogP contribution >= 0.6 is 15.7 Å². The molecule has 0 radical (unpaired) electrons. The summed E-state index contributed by atoms with van der Waals surface area (Å²) in [7, 11) is -2.68. The number of nitrogens with zero attached hydrogens (tertiary/aromatic N) is 1. The van der Waals surface area contributed by atoms with E-state index in [0.717, 1.165) is 38.2 Å². The molecule has 0 amide bonds. The van der Waals surface area contributed by atoms with Crippen molar-refractivity contribution in [3.05, 3.63) is 175 Å². The van der Waals surface area contributed by atoms with Crippen LogP contribution in [0.2, 0.25) is 0 Å². The van der Waals surface area contributed by atoms with Crippen molar-refractivity contribution in [2.75, 3.05) is 0 Å². The molecule has 0 aliphatic carbocycles. The number of aromatic nitrogens is 1. The normalized spacial score (nSPS) is 11.7. The maximum atomic E-state index is 7.26. The molecule has 0 bridgehead atoms. The van der Waals surface area contributed by atoms with Gasteiger partial charge in [0.25, 0.3) is 0 Å². The molecule has 0 aliphatic rings. The molecule has 3 nitrogen and oxygen atoms in total. The van der Waals surface area contributed by atoms with Gasteiger partial charge in [-0.2, -0.15) is 0 Å². The number of benzene rings is 7. The number of fused-ring (bicyclic) bond motifs is 8. The second-order valence-corrected chi connectivity index (χ2v) is 16.0. The first-order valence-electron chi connectivity index (χ1n) is 16.9. The molecule has 50 heavy (non-hydrogen) atoms. The molecule has 0 atom stereocenters. The molecule has 10 aromatic rings. The van der Waals surface area contributed by atoms with E-state index in [9.17, 15) is 0 Å². The van der Waals surface area contributed by atoms with Crippen LogP contribution in [0.1, 0.15) is 5.56 Å². The summed E-state index contributed by atoms with van der Waals surface area (Å²) in [5.74, 6) is 0. The minimum absolute atomic E-state index is 0.836. The molecule has 0 aliphatic heterocycles. The maximum Gasteiger partial charge on any atom is 0.346 e. The topological polar surface area (TPSA) is 31.2 Å². The minimum Gasteiger partial charge on any atom is -0.403 e. The molecule has 3 aromatic heterocycles. The van der Waals surface area contributed by atoms with Gasteiger partial charge in [0.2, 0.25) is 0 Å². The molecule has 0 fully saturated rings. The highest BCUT2D eigenvalue weighted by atomic mass is 31.1. The van der Waals surface area contributed by atoms with Crippen LogP contribution in [0.4, 0.5) is 0 Å². The Morgan fingerprint density at radius 2 is 0.900 bits per heavy atom. The minimum atomic E-state index is -1.69. The first kappa shape index (κ1) is 29.2. The third-order valence-corrected chi connectivity index (χ3v) is 14.2. The first-order valence-corrected chi connectivity index (χ1v) is 19.3. The first-order chi connectivity index (χ1) is 24.7. The number of hydrogen-bond donors (Lipinski definition) is 0. The van der Waals surface area contributed by atoms with Gasteiger partial charge >= 0.3 is 8.16 Å². The van der Waals surface area contributed by atoms with Gasteiger partial charge in [0.1, 0.15) is 11.2 Å². The zero-order chi connectivity index (χ0) is 33.2. The van der Waals surface area contributed by atoms with Gasteiger partial charge in [-0.15, -0.1) is 0 Å². The van der Waals surface area contributed by atoms with Crippen LogP contribution in [-0.2, 0) is 0 Å². The number of hydrogen-bond acceptors (Lipinski definition) is 2. The molecular formula is C45H31NO2P2. The van der Waals surface area contributed by atoms with Gasteiger partial charge in [-0.3, -0.25) is 0 Å². The number of para-hydroxylation sites is 1. The fourth-order valence-corrected chi connectivity index (χ4v) is 12.3. The SMILES string of the molecule is Cc1c(-p2c(-c3ccccc3)ccc2-c2ccccc2)n(-p2oc3ccc4ccccc4c3c3c(ccc4ccccc43)o2)c2ccccc12. The van der Waals surface area contributed by atoms with Crippen LogP contribution < -0.4 is 0 Å². The van der Waals surface area contributed by atoms with Gasteiger partial charge in [0, 0.05) is 26.7 Å². The second kappa shape index (κ2) is 11.7. The molecule has 5 heteroatoms. The van der Waals surface area contributed by atoms with Gasteiger partial charge in [0.05, 0.1) is 11.0 Å². The Balaban J connectivity index is 1.39. The van der Waals surface area contributed by atoms with Crippen molar-refractivity contribution >= 4 is 70.1 Å². The van der Waals surface area contributed by atoms with E-state index >= 15 is 0 Å². The van der Waals surface area contributed by atoms with E-state index in [0.29, 0.717) is 0 Å². The van der Waals surface area contributed by atoms with Crippen molar-refractivity contribution in [1.29, 1.82) is 0 Å². The maximum absolute atomic E-state index is 7.26. The summed E-state index contributed by atoms with van der Waals surface area (Å²) in [5, 5.41) is 10.7. The van der Waals surface area contributed by atoms with Crippen LogP contribution in [0, 0.1) is 6.92 Å². The molecule has 10 rings (SSSR count). The molecule has 3 heterocycles. The zero-order valence-electron chi connectivity index (χ0n) is 27.3. The van der Waals surface area contributed by atoms with Gasteiger partial charge in [-0.25, -0.2) is 4.34 Å². The lowest BCUT2D eigenvalue weighted by molar-refractivity contribution is 0.632. The fraction of sp³-hybridized carbons (Fsp3) is 0.0222. The summed E-state index contributed by atoms with van der Waals surface area (Å²) in [6, 6.07) is 60.8. The van der Waals surface area contributed by atoms with Crippen molar-refractivity contribution in [1.82, 2.24) is 4.34 Å². The van der Waals surface area contributed by atoms with Crippen molar-refractivity contribution in [2.45, 2.75) is 6.92 Å². The van der Waals surface area contributed by atoms with Crippen LogP contribution in [0.5, 0.6) is 0 Å². The number of aryl methyl sites for hydroxylation is 1. The second-order valence-electron chi connectivity index (χ2n) is 12.7. The predicted octanol–water partition coefficient (Wildman–Crippen LogP) is 14.5. The lowest BCUT2D eigenvalue weighted by Crippen LogP contribution is -1.87. The molecule has 0 N–H and O–H groups in total. The monoisotopic (exact) mass is 679 g/mol. The third-order valence-electron chi connectivity index (χ3n) is 9.85. The average Bonchev–Trinajstić information content (AvgIpc) is 3.68. The van der Waals surface area contributed by atoms with Crippen molar-refractivity contribution in [3.63, 3.8) is 0 Å². The van der Waals surface area contributed by atoms with E-state index in [1.165, 1.54) is 48.9 Å². The van der Waals surface area contributed by atoms with Gasteiger partial charge < -0.3 is 8.39 Å². The summed E-state index contributed by atoms with van der Waals surface area (Å²) in [6.07, 6.45) is 0. The summed E-state index contributed by atoms with van der Waals surface area (Å²) >= 11 is 0. The van der Waals surface area contributed by atoms with E-state index in [4.69, 9.17) is 8.39 Å². The number of rotatable bonds is 4. The smallest absolute Gasteiger partial charge is 0.346 e. The van der Waals surface area contributed by atoms with E-state index in [-0.39, 0.29) is 0 Å². The third kappa shape index (κ3) is 4.52. The summed E-state index contributed by atoms with van der Waals surface area (Å²) in [5.41, 5.74) is 7.77. The summed E-state index contributed by atoms with van der Waals surface area (Å²) in [4.78, 5) is 0. The lowest BCUT2D eigenvalue weighted by atomic mass is 9.99. The lowest BCUT2D eigenvalue weighted by Gasteiger charge is -2.15. The van der Waals surface area contributed by atoms with Crippen LogP contribution in [-0.4, -0.2) is 4.34 Å².